The minimum absolute atomic E-state index is 0.0295. The highest BCUT2D eigenvalue weighted by atomic mass is 19.2. The second kappa shape index (κ2) is 9.44. The van der Waals surface area contributed by atoms with E-state index in [0.717, 1.165) is 30.9 Å². The Balaban J connectivity index is 1.46. The fourth-order valence-electron chi connectivity index (χ4n) is 4.49. The van der Waals surface area contributed by atoms with Crippen molar-refractivity contribution >= 4 is 5.91 Å². The smallest absolute Gasteiger partial charge is 0.253 e. The van der Waals surface area contributed by atoms with E-state index in [1.807, 2.05) is 11.9 Å². The van der Waals surface area contributed by atoms with Gasteiger partial charge in [-0.2, -0.15) is 0 Å². The number of fused-ring (bicyclic) bond motifs is 1. The van der Waals surface area contributed by atoms with Crippen LogP contribution in [0, 0.1) is 11.6 Å². The van der Waals surface area contributed by atoms with Gasteiger partial charge in [0, 0.05) is 24.7 Å². The average molecular weight is 449 g/mol. The molecular weight excluding hydrogens is 418 g/mol. The van der Waals surface area contributed by atoms with Crippen molar-refractivity contribution in [1.29, 1.82) is 0 Å². The van der Waals surface area contributed by atoms with E-state index in [4.69, 9.17) is 0 Å². The first-order chi connectivity index (χ1) is 15.7. The van der Waals surface area contributed by atoms with Crippen LogP contribution in [0.2, 0.25) is 0 Å². The fourth-order valence-corrected chi connectivity index (χ4v) is 4.49. The summed E-state index contributed by atoms with van der Waals surface area (Å²) in [5.74, 6) is -1.78. The van der Waals surface area contributed by atoms with E-state index in [2.05, 4.69) is 44.1 Å². The van der Waals surface area contributed by atoms with Crippen LogP contribution in [0.4, 0.5) is 8.78 Å². The van der Waals surface area contributed by atoms with Gasteiger partial charge in [0.25, 0.3) is 5.91 Å². The summed E-state index contributed by atoms with van der Waals surface area (Å²) in [5, 5.41) is 0. The number of aryl methyl sites for hydroxylation is 1. The van der Waals surface area contributed by atoms with Crippen LogP contribution in [-0.4, -0.2) is 42.9 Å². The molecule has 172 valence electrons. The minimum Gasteiger partial charge on any atom is -0.338 e. The third-order valence-electron chi connectivity index (χ3n) is 6.94. The monoisotopic (exact) mass is 448 g/mol. The topological polar surface area (TPSA) is 23.6 Å². The Labute approximate surface area is 194 Å². The van der Waals surface area contributed by atoms with Crippen molar-refractivity contribution in [3.05, 3.63) is 94.6 Å². The summed E-state index contributed by atoms with van der Waals surface area (Å²) in [6.45, 7) is 2.21. The van der Waals surface area contributed by atoms with Gasteiger partial charge < -0.3 is 9.80 Å². The molecule has 0 bridgehead atoms. The predicted molar refractivity (Wildman–Crippen MR) is 128 cm³/mol. The predicted octanol–water partition coefficient (Wildman–Crippen LogP) is 5.88. The van der Waals surface area contributed by atoms with Crippen molar-refractivity contribution in [3.63, 3.8) is 0 Å². The molecule has 5 heteroatoms. The molecule has 0 fully saturated rings. The van der Waals surface area contributed by atoms with Crippen molar-refractivity contribution in [3.8, 4) is 11.1 Å². The van der Waals surface area contributed by atoms with E-state index in [1.54, 1.807) is 24.3 Å². The third-order valence-corrected chi connectivity index (χ3v) is 6.94. The summed E-state index contributed by atoms with van der Waals surface area (Å²) in [6, 6.07) is 18.1. The maximum atomic E-state index is 13.5. The summed E-state index contributed by atoms with van der Waals surface area (Å²) in [5.41, 5.74) is 5.92. The lowest BCUT2D eigenvalue weighted by molar-refractivity contribution is 0.0719. The van der Waals surface area contributed by atoms with Gasteiger partial charge in [-0.1, -0.05) is 36.4 Å². The average Bonchev–Trinajstić information content (AvgIpc) is 2.83. The van der Waals surface area contributed by atoms with Gasteiger partial charge in [0.1, 0.15) is 0 Å². The lowest BCUT2D eigenvalue weighted by atomic mass is 9.85. The molecule has 0 radical (unpaired) electrons. The molecule has 1 amide bonds. The number of carbonyl (C=O) groups excluding carboxylic acids is 1. The molecule has 1 aliphatic carbocycles. The first-order valence-corrected chi connectivity index (χ1v) is 11.4. The molecule has 3 aromatic rings. The van der Waals surface area contributed by atoms with Crippen molar-refractivity contribution < 1.29 is 13.6 Å². The molecule has 1 aliphatic rings. The van der Waals surface area contributed by atoms with Crippen LogP contribution in [0.3, 0.4) is 0 Å². The molecule has 0 saturated heterocycles. The van der Waals surface area contributed by atoms with Crippen LogP contribution in [0.25, 0.3) is 11.1 Å². The second-order valence-corrected chi connectivity index (χ2v) is 9.19. The molecule has 0 spiro atoms. The highest BCUT2D eigenvalue weighted by Gasteiger charge is 2.26. The molecule has 0 aliphatic heterocycles. The number of halogens is 2. The summed E-state index contributed by atoms with van der Waals surface area (Å²) < 4.78 is 26.8. The normalized spacial score (nSPS) is 16.4. The number of hydrogen-bond acceptors (Lipinski definition) is 2. The van der Waals surface area contributed by atoms with Crippen LogP contribution in [0.5, 0.6) is 0 Å². The van der Waals surface area contributed by atoms with E-state index in [9.17, 15) is 13.6 Å². The number of hydrogen-bond donors (Lipinski definition) is 0. The number of likely N-dealkylation sites (N-methyl/N-ethyl adjacent to an activating group) is 1. The molecule has 2 atom stereocenters. The Morgan fingerprint density at radius 3 is 2.24 bits per heavy atom. The number of benzene rings is 3. The largest absolute Gasteiger partial charge is 0.338 e. The first kappa shape index (κ1) is 23.1. The highest BCUT2D eigenvalue weighted by molar-refractivity contribution is 5.94. The van der Waals surface area contributed by atoms with Crippen LogP contribution < -0.4 is 0 Å². The van der Waals surface area contributed by atoms with Gasteiger partial charge in [-0.15, -0.1) is 0 Å². The molecule has 33 heavy (non-hydrogen) atoms. The molecule has 3 aromatic carbocycles. The van der Waals surface area contributed by atoms with Crippen molar-refractivity contribution in [2.24, 2.45) is 0 Å². The number of carbonyl (C=O) groups is 1. The number of amides is 1. The quantitative estimate of drug-likeness (QED) is 0.486. The Hall–Kier alpha value is -3.05. The van der Waals surface area contributed by atoms with Gasteiger partial charge in [0.05, 0.1) is 0 Å². The zero-order valence-electron chi connectivity index (χ0n) is 19.6. The third kappa shape index (κ3) is 4.83. The molecule has 0 N–H and O–H groups in total. The van der Waals surface area contributed by atoms with Gasteiger partial charge in [0.2, 0.25) is 0 Å². The lowest BCUT2D eigenvalue weighted by Crippen LogP contribution is -2.40. The highest BCUT2D eigenvalue weighted by Crippen LogP contribution is 2.29. The van der Waals surface area contributed by atoms with E-state index in [-0.39, 0.29) is 11.9 Å². The van der Waals surface area contributed by atoms with Gasteiger partial charge >= 0.3 is 0 Å². The lowest BCUT2D eigenvalue weighted by Gasteiger charge is -2.33. The van der Waals surface area contributed by atoms with E-state index in [0.29, 0.717) is 17.2 Å². The molecule has 0 saturated carbocycles. The van der Waals surface area contributed by atoms with Gasteiger partial charge in [0.15, 0.2) is 11.6 Å². The first-order valence-electron chi connectivity index (χ1n) is 11.4. The number of nitrogens with zero attached hydrogens (tertiary/aromatic N) is 2. The van der Waals surface area contributed by atoms with E-state index >= 15 is 0 Å². The molecule has 4 rings (SSSR count). The van der Waals surface area contributed by atoms with Crippen molar-refractivity contribution in [1.82, 2.24) is 9.80 Å². The zero-order valence-corrected chi connectivity index (χ0v) is 19.6. The van der Waals surface area contributed by atoms with Crippen LogP contribution in [0.15, 0.2) is 60.7 Å². The molecule has 2 unspecified atom stereocenters. The van der Waals surface area contributed by atoms with Gasteiger partial charge in [-0.25, -0.2) is 8.78 Å². The summed E-state index contributed by atoms with van der Waals surface area (Å²) in [4.78, 5) is 17.2. The van der Waals surface area contributed by atoms with E-state index < -0.39 is 11.6 Å². The SMILES string of the molecule is CC(c1ccc2c(c1)CCC(N(C)C(=O)c1ccc(-c3ccc(F)c(F)c3)cc1)C2)N(C)C. The second-order valence-electron chi connectivity index (χ2n) is 9.19. The standard InChI is InChI=1S/C28H30F2N2O/c1-18(31(2)3)21-9-10-23-16-25(13-11-22(23)15-21)32(4)28(33)20-7-5-19(6-8-20)24-12-14-26(29)27(30)17-24/h5-10,12,14-15,17-18,25H,11,13,16H2,1-4H3. The van der Waals surface area contributed by atoms with Gasteiger partial charge in [-0.05, 0) is 92.4 Å². The van der Waals surface area contributed by atoms with Crippen LogP contribution in [-0.2, 0) is 12.8 Å². The van der Waals surface area contributed by atoms with Crippen molar-refractivity contribution in [2.75, 3.05) is 21.1 Å². The molecule has 3 nitrogen and oxygen atoms in total. The summed E-state index contributed by atoms with van der Waals surface area (Å²) >= 11 is 0. The zero-order chi connectivity index (χ0) is 23.7. The summed E-state index contributed by atoms with van der Waals surface area (Å²) in [6.07, 6.45) is 2.74. The minimum atomic E-state index is -0.881. The maximum absolute atomic E-state index is 13.5. The number of rotatable bonds is 5. The molecule has 0 heterocycles. The Bertz CT molecular complexity index is 1160. The summed E-state index contributed by atoms with van der Waals surface area (Å²) in [7, 11) is 6.04. The Kier molecular flexibility index (Phi) is 6.61. The fraction of sp³-hybridized carbons (Fsp3) is 0.321. The van der Waals surface area contributed by atoms with E-state index in [1.165, 1.54) is 28.8 Å². The van der Waals surface area contributed by atoms with Gasteiger partial charge in [-0.3, -0.25) is 4.79 Å². The maximum Gasteiger partial charge on any atom is 0.253 e. The van der Waals surface area contributed by atoms with Crippen molar-refractivity contribution in [2.45, 2.75) is 38.3 Å². The Morgan fingerprint density at radius 2 is 1.58 bits per heavy atom. The molecule has 0 aromatic heterocycles. The van der Waals surface area contributed by atoms with Crippen LogP contribution in [0.1, 0.15) is 46.4 Å². The molecular formula is C28H30F2N2O. The van der Waals surface area contributed by atoms with Crippen LogP contribution >= 0.6 is 0 Å². The Morgan fingerprint density at radius 1 is 0.879 bits per heavy atom.